The van der Waals surface area contributed by atoms with E-state index in [0.717, 1.165) is 13.0 Å². The summed E-state index contributed by atoms with van der Waals surface area (Å²) in [5.74, 6) is 0. The predicted molar refractivity (Wildman–Crippen MR) is 86.7 cm³/mol. The van der Waals surface area contributed by atoms with Crippen LogP contribution in [0.25, 0.3) is 0 Å². The molecule has 5 nitrogen and oxygen atoms in total. The van der Waals surface area contributed by atoms with Crippen LogP contribution in [0.15, 0.2) is 0 Å². The molecule has 128 valence electrons. The average molecular weight is 306 g/mol. The molecule has 0 rings (SSSR count). The van der Waals surface area contributed by atoms with Crippen LogP contribution in [0.5, 0.6) is 0 Å². The molecule has 0 aliphatic heterocycles. The number of hydrogen-bond donors (Lipinski definition) is 4. The molecule has 0 unspecified atom stereocenters. The van der Waals surface area contributed by atoms with Gasteiger partial charge in [-0.2, -0.15) is 0 Å². The van der Waals surface area contributed by atoms with Crippen molar-refractivity contribution in [2.45, 2.75) is 90.8 Å². The zero-order chi connectivity index (χ0) is 16.9. The topological polar surface area (TPSA) is 90.2 Å². The first-order valence-electron chi connectivity index (χ1n) is 7.95. The molecule has 21 heavy (non-hydrogen) atoms. The SMILES string of the molecule is CCCCCCCCCOC(C)(C)C(C)(C)O.OB(O)O. The van der Waals surface area contributed by atoms with Crippen molar-refractivity contribution in [1.82, 2.24) is 0 Å². The molecule has 0 aliphatic rings. The van der Waals surface area contributed by atoms with Crippen molar-refractivity contribution in [3.63, 3.8) is 0 Å². The van der Waals surface area contributed by atoms with Crippen molar-refractivity contribution in [3.8, 4) is 0 Å². The highest BCUT2D eigenvalue weighted by molar-refractivity contribution is 6.30. The Morgan fingerprint density at radius 2 is 1.19 bits per heavy atom. The monoisotopic (exact) mass is 306 g/mol. The summed E-state index contributed by atoms with van der Waals surface area (Å²) in [5.41, 5.74) is -1.25. The normalized spacial score (nSPS) is 11.9. The summed E-state index contributed by atoms with van der Waals surface area (Å²) in [6.07, 6.45) is 9.05. The second-order valence-electron chi connectivity index (χ2n) is 6.39. The summed E-state index contributed by atoms with van der Waals surface area (Å²) in [4.78, 5) is 0. The van der Waals surface area contributed by atoms with Crippen LogP contribution in [0, 0.1) is 0 Å². The van der Waals surface area contributed by atoms with Gasteiger partial charge in [-0.1, -0.05) is 45.4 Å². The highest BCUT2D eigenvalue weighted by Crippen LogP contribution is 2.25. The summed E-state index contributed by atoms with van der Waals surface area (Å²) >= 11 is 0. The van der Waals surface area contributed by atoms with Crippen LogP contribution < -0.4 is 0 Å². The Balaban J connectivity index is 0. The van der Waals surface area contributed by atoms with E-state index in [-0.39, 0.29) is 0 Å². The minimum Gasteiger partial charge on any atom is -0.402 e. The molecule has 4 N–H and O–H groups in total. The third kappa shape index (κ3) is 16.1. The number of rotatable bonds is 10. The molecule has 0 spiro atoms. The Morgan fingerprint density at radius 1 is 0.810 bits per heavy atom. The van der Waals surface area contributed by atoms with Gasteiger partial charge in [0, 0.05) is 6.61 Å². The maximum Gasteiger partial charge on any atom is 0.631 e. The minimum absolute atomic E-state index is 0.463. The molecule has 0 aromatic heterocycles. The van der Waals surface area contributed by atoms with E-state index < -0.39 is 18.5 Å². The number of unbranched alkanes of at least 4 members (excludes halogenated alkanes) is 6. The third-order valence-electron chi connectivity index (χ3n) is 3.68. The van der Waals surface area contributed by atoms with Crippen molar-refractivity contribution in [2.75, 3.05) is 6.61 Å². The van der Waals surface area contributed by atoms with Gasteiger partial charge in [-0.15, -0.1) is 0 Å². The van der Waals surface area contributed by atoms with Gasteiger partial charge in [0.05, 0.1) is 11.2 Å². The smallest absolute Gasteiger partial charge is 0.402 e. The van der Waals surface area contributed by atoms with E-state index in [2.05, 4.69) is 6.92 Å². The van der Waals surface area contributed by atoms with Crippen LogP contribution in [-0.4, -0.2) is 45.3 Å². The van der Waals surface area contributed by atoms with Gasteiger partial charge in [0.1, 0.15) is 0 Å². The van der Waals surface area contributed by atoms with E-state index >= 15 is 0 Å². The lowest BCUT2D eigenvalue weighted by Crippen LogP contribution is -2.47. The fourth-order valence-electron chi connectivity index (χ4n) is 1.56. The Bertz CT molecular complexity index is 224. The molecule has 0 saturated heterocycles. The maximum absolute atomic E-state index is 9.92. The van der Waals surface area contributed by atoms with Crippen LogP contribution in [0.4, 0.5) is 0 Å². The maximum atomic E-state index is 9.92. The van der Waals surface area contributed by atoms with Crippen LogP contribution in [0.1, 0.15) is 79.6 Å². The Hall–Kier alpha value is -0.135. The highest BCUT2D eigenvalue weighted by atomic mass is 16.5. The molecule has 0 radical (unpaired) electrons. The molecule has 0 fully saturated rings. The van der Waals surface area contributed by atoms with Crippen LogP contribution in [0.2, 0.25) is 0 Å². The van der Waals surface area contributed by atoms with Crippen LogP contribution in [0.3, 0.4) is 0 Å². The lowest BCUT2D eigenvalue weighted by molar-refractivity contribution is -0.147. The average Bonchev–Trinajstić information content (AvgIpc) is 2.30. The van der Waals surface area contributed by atoms with Gasteiger partial charge in [0.2, 0.25) is 0 Å². The first kappa shape index (κ1) is 23.1. The Labute approximate surface area is 130 Å². The molecule has 6 heteroatoms. The van der Waals surface area contributed by atoms with Crippen molar-refractivity contribution < 1.29 is 24.9 Å². The number of ether oxygens (including phenoxy) is 1. The summed E-state index contributed by atoms with van der Waals surface area (Å²) in [5, 5.41) is 31.4. The molecule has 0 aliphatic carbocycles. The van der Waals surface area contributed by atoms with E-state index in [1.165, 1.54) is 38.5 Å². The molecule has 0 atom stereocenters. The van der Waals surface area contributed by atoms with Crippen molar-refractivity contribution in [1.29, 1.82) is 0 Å². The largest absolute Gasteiger partial charge is 0.631 e. The van der Waals surface area contributed by atoms with Gasteiger partial charge in [-0.25, -0.2) is 0 Å². The van der Waals surface area contributed by atoms with E-state index in [1.54, 1.807) is 13.8 Å². The highest BCUT2D eigenvalue weighted by Gasteiger charge is 2.35. The first-order chi connectivity index (χ1) is 9.54. The standard InChI is InChI=1S/C15H32O2.BH3O3/c1-6-7-8-9-10-11-12-13-17-15(4,5)14(2,3)16;2-1(3)4/h16H,6-13H2,1-5H3;2-4H. The summed E-state index contributed by atoms with van der Waals surface area (Å²) in [6, 6.07) is 0. The second-order valence-corrected chi connectivity index (χ2v) is 6.39. The van der Waals surface area contributed by atoms with Crippen LogP contribution in [-0.2, 0) is 4.74 Å². The van der Waals surface area contributed by atoms with E-state index in [4.69, 9.17) is 19.8 Å². The van der Waals surface area contributed by atoms with Crippen LogP contribution >= 0.6 is 0 Å². The van der Waals surface area contributed by atoms with Crippen molar-refractivity contribution in [2.24, 2.45) is 0 Å². The van der Waals surface area contributed by atoms with Crippen molar-refractivity contribution in [3.05, 3.63) is 0 Å². The van der Waals surface area contributed by atoms with Gasteiger partial charge in [-0.05, 0) is 34.1 Å². The summed E-state index contributed by atoms with van der Waals surface area (Å²) in [6.45, 7) is 10.5. The zero-order valence-corrected chi connectivity index (χ0v) is 14.4. The number of aliphatic hydroxyl groups is 1. The van der Waals surface area contributed by atoms with Gasteiger partial charge in [0.25, 0.3) is 0 Å². The Kier molecular flexibility index (Phi) is 13.7. The third-order valence-corrected chi connectivity index (χ3v) is 3.68. The molecular weight excluding hydrogens is 271 g/mol. The van der Waals surface area contributed by atoms with Gasteiger partial charge in [0.15, 0.2) is 0 Å². The lowest BCUT2D eigenvalue weighted by Gasteiger charge is -2.37. The predicted octanol–water partition coefficient (Wildman–Crippen LogP) is 2.25. The molecule has 0 aromatic rings. The lowest BCUT2D eigenvalue weighted by atomic mass is 9.89. The van der Waals surface area contributed by atoms with Gasteiger partial charge in [-0.3, -0.25) is 0 Å². The first-order valence-corrected chi connectivity index (χ1v) is 7.95. The fourth-order valence-corrected chi connectivity index (χ4v) is 1.56. The molecule has 0 heterocycles. The molecular formula is C15H35BO5. The summed E-state index contributed by atoms with van der Waals surface area (Å²) < 4.78 is 5.77. The molecule has 0 amide bonds. The van der Waals surface area contributed by atoms with Gasteiger partial charge >= 0.3 is 7.32 Å². The van der Waals surface area contributed by atoms with E-state index in [0.29, 0.717) is 0 Å². The second kappa shape index (κ2) is 12.4. The quantitative estimate of drug-likeness (QED) is 0.367. The minimum atomic E-state index is -2.17. The Morgan fingerprint density at radius 3 is 1.57 bits per heavy atom. The molecule has 0 aromatic carbocycles. The zero-order valence-electron chi connectivity index (χ0n) is 14.4. The van der Waals surface area contributed by atoms with Gasteiger partial charge < -0.3 is 24.9 Å². The van der Waals surface area contributed by atoms with Crippen molar-refractivity contribution >= 4 is 7.32 Å². The molecule has 0 saturated carbocycles. The van der Waals surface area contributed by atoms with E-state index in [1.807, 2.05) is 13.8 Å². The van der Waals surface area contributed by atoms with E-state index in [9.17, 15) is 5.11 Å². The fraction of sp³-hybridized carbons (Fsp3) is 1.00. The molecule has 0 bridgehead atoms. The number of hydrogen-bond acceptors (Lipinski definition) is 5. The summed E-state index contributed by atoms with van der Waals surface area (Å²) in [7, 11) is -2.17.